The number of esters is 1. The Hall–Kier alpha value is -3.18. The Balaban J connectivity index is 1.16. The van der Waals surface area contributed by atoms with Crippen molar-refractivity contribution in [3.05, 3.63) is 53.5 Å². The summed E-state index contributed by atoms with van der Waals surface area (Å²) in [6.07, 6.45) is 4.82. The van der Waals surface area contributed by atoms with Gasteiger partial charge in [-0.1, -0.05) is 6.07 Å². The summed E-state index contributed by atoms with van der Waals surface area (Å²) in [5, 5.41) is 8.84. The largest absolute Gasteiger partial charge is 0.464 e. The second-order valence-corrected chi connectivity index (χ2v) is 10.9. The summed E-state index contributed by atoms with van der Waals surface area (Å²) in [6.45, 7) is 3.81. The number of hydrogen-bond acceptors (Lipinski definition) is 8. The zero-order chi connectivity index (χ0) is 27.6. The van der Waals surface area contributed by atoms with E-state index in [9.17, 15) is 18.8 Å². The fraction of sp³-hybridized carbons (Fsp3) is 0.500. The van der Waals surface area contributed by atoms with Gasteiger partial charge in [-0.2, -0.15) is 0 Å². The van der Waals surface area contributed by atoms with Crippen LogP contribution in [0.1, 0.15) is 43.9 Å². The number of nitrogens with zero attached hydrogens (tertiary/aromatic N) is 2. The summed E-state index contributed by atoms with van der Waals surface area (Å²) in [5.41, 5.74) is 2.27. The van der Waals surface area contributed by atoms with Crippen molar-refractivity contribution in [1.29, 1.82) is 0 Å². The van der Waals surface area contributed by atoms with Crippen molar-refractivity contribution >= 4 is 35.5 Å². The number of fused-ring (bicyclic) bond motifs is 1. The summed E-state index contributed by atoms with van der Waals surface area (Å²) >= 11 is 1.45. The second-order valence-electron chi connectivity index (χ2n) is 9.75. The van der Waals surface area contributed by atoms with Crippen LogP contribution in [0.2, 0.25) is 0 Å². The molecule has 1 aromatic heterocycles. The lowest BCUT2D eigenvalue weighted by atomic mass is 10.0. The van der Waals surface area contributed by atoms with Crippen molar-refractivity contribution in [2.75, 3.05) is 38.1 Å². The van der Waals surface area contributed by atoms with Crippen molar-refractivity contribution < 1.29 is 23.5 Å². The van der Waals surface area contributed by atoms with Crippen LogP contribution in [0, 0.1) is 11.7 Å². The molecule has 0 aliphatic carbocycles. The van der Waals surface area contributed by atoms with Gasteiger partial charge in [0, 0.05) is 43.2 Å². The highest BCUT2D eigenvalue weighted by molar-refractivity contribution is 7.97. The molecule has 11 heteroatoms. The summed E-state index contributed by atoms with van der Waals surface area (Å²) in [7, 11) is 0. The fourth-order valence-corrected chi connectivity index (χ4v) is 5.52. The van der Waals surface area contributed by atoms with Gasteiger partial charge in [-0.3, -0.25) is 9.59 Å². The average molecular weight is 558 g/mol. The van der Waals surface area contributed by atoms with Gasteiger partial charge in [-0.25, -0.2) is 18.5 Å². The third-order valence-corrected chi connectivity index (χ3v) is 7.74. The summed E-state index contributed by atoms with van der Waals surface area (Å²) in [4.78, 5) is 43.2. The Bertz CT molecular complexity index is 1140. The third kappa shape index (κ3) is 8.66. The molecular weight excluding hydrogens is 521 g/mol. The summed E-state index contributed by atoms with van der Waals surface area (Å²) in [5.74, 6) is -0.607. The van der Waals surface area contributed by atoms with E-state index in [1.165, 1.54) is 29.6 Å². The molecule has 2 aliphatic heterocycles. The molecule has 39 heavy (non-hydrogen) atoms. The number of nitrogens with one attached hydrogen (secondary N) is 3. The zero-order valence-electron chi connectivity index (χ0n) is 22.2. The highest BCUT2D eigenvalue weighted by atomic mass is 32.2. The van der Waals surface area contributed by atoms with Crippen LogP contribution in [0.3, 0.4) is 0 Å². The van der Waals surface area contributed by atoms with E-state index in [1.807, 2.05) is 4.31 Å². The van der Waals surface area contributed by atoms with E-state index in [1.54, 1.807) is 19.1 Å². The maximum absolute atomic E-state index is 13.1. The van der Waals surface area contributed by atoms with Crippen LogP contribution in [0.15, 0.2) is 41.3 Å². The molecule has 3 N–H and O–H groups in total. The lowest BCUT2D eigenvalue weighted by Crippen LogP contribution is -2.56. The minimum atomic E-state index is -0.951. The number of anilines is 1. The van der Waals surface area contributed by atoms with E-state index < -0.39 is 12.0 Å². The van der Waals surface area contributed by atoms with Gasteiger partial charge in [-0.05, 0) is 86.9 Å². The van der Waals surface area contributed by atoms with E-state index in [0.717, 1.165) is 48.6 Å². The van der Waals surface area contributed by atoms with E-state index in [-0.39, 0.29) is 36.7 Å². The van der Waals surface area contributed by atoms with Gasteiger partial charge in [0.2, 0.25) is 11.8 Å². The number of benzene rings is 1. The molecule has 3 heterocycles. The van der Waals surface area contributed by atoms with E-state index in [2.05, 4.69) is 33.1 Å². The molecule has 2 amide bonds. The van der Waals surface area contributed by atoms with Crippen LogP contribution in [-0.4, -0.2) is 65.9 Å². The van der Waals surface area contributed by atoms with Gasteiger partial charge < -0.3 is 20.7 Å². The minimum Gasteiger partial charge on any atom is -0.464 e. The molecule has 0 bridgehead atoms. The Kier molecular flexibility index (Phi) is 10.5. The number of halogens is 1. The van der Waals surface area contributed by atoms with Crippen LogP contribution < -0.4 is 16.0 Å². The number of pyridine rings is 1. The standard InChI is InChI=1S/C28H36FN5O4S/c1-2-38-28(37)24(33-27(36)20-17-34(18-20)39-23-13-10-21(29)11-14-23)16-31-25(35)8-4-3-7-22-12-9-19-6-5-15-30-26(19)32-22/h9-14,20,24H,2-8,15-18H2,1H3,(H,30,32)(H,31,35)(H,33,36). The number of carbonyl (C=O) groups is 3. The van der Waals surface area contributed by atoms with Crippen molar-refractivity contribution in [3.63, 3.8) is 0 Å². The van der Waals surface area contributed by atoms with Crippen LogP contribution in [0.5, 0.6) is 0 Å². The SMILES string of the molecule is CCOC(=O)C(CNC(=O)CCCCc1ccc2c(n1)NCCC2)NC(=O)C1CN(Sc2ccc(F)cc2)C1. The zero-order valence-corrected chi connectivity index (χ0v) is 23.0. The first kappa shape index (κ1) is 28.8. The van der Waals surface area contributed by atoms with E-state index in [0.29, 0.717) is 25.9 Å². The Morgan fingerprint density at radius 1 is 1.18 bits per heavy atom. The molecule has 1 fully saturated rings. The van der Waals surface area contributed by atoms with Crippen molar-refractivity contribution in [2.24, 2.45) is 5.92 Å². The molecule has 2 aromatic rings. The maximum atomic E-state index is 13.1. The predicted molar refractivity (Wildman–Crippen MR) is 147 cm³/mol. The molecule has 210 valence electrons. The number of carbonyl (C=O) groups excluding carboxylic acids is 3. The lowest BCUT2D eigenvalue weighted by molar-refractivity contribution is -0.148. The van der Waals surface area contributed by atoms with Crippen LogP contribution in [0.4, 0.5) is 10.2 Å². The predicted octanol–water partition coefficient (Wildman–Crippen LogP) is 3.09. The highest BCUT2D eigenvalue weighted by Gasteiger charge is 2.35. The molecule has 9 nitrogen and oxygen atoms in total. The first-order valence-electron chi connectivity index (χ1n) is 13.6. The second kappa shape index (κ2) is 14.3. The van der Waals surface area contributed by atoms with Crippen molar-refractivity contribution in [1.82, 2.24) is 19.9 Å². The fourth-order valence-electron chi connectivity index (χ4n) is 4.45. The molecule has 4 rings (SSSR count). The van der Waals surface area contributed by atoms with Gasteiger partial charge in [0.05, 0.1) is 12.5 Å². The first-order valence-corrected chi connectivity index (χ1v) is 14.3. The highest BCUT2D eigenvalue weighted by Crippen LogP contribution is 2.30. The third-order valence-electron chi connectivity index (χ3n) is 6.70. The molecule has 0 spiro atoms. The normalized spacial score (nSPS) is 15.8. The number of amides is 2. The van der Waals surface area contributed by atoms with E-state index in [4.69, 9.17) is 4.74 Å². The minimum absolute atomic E-state index is 0.0256. The quantitative estimate of drug-likeness (QED) is 0.196. The Morgan fingerprint density at radius 2 is 1.97 bits per heavy atom. The number of aromatic nitrogens is 1. The number of aryl methyl sites for hydroxylation is 2. The van der Waals surface area contributed by atoms with Gasteiger partial charge in [0.1, 0.15) is 17.7 Å². The molecule has 1 atom stereocenters. The number of ether oxygens (including phenoxy) is 1. The van der Waals surface area contributed by atoms with Gasteiger partial charge in [0.15, 0.2) is 0 Å². The van der Waals surface area contributed by atoms with Gasteiger partial charge in [0.25, 0.3) is 0 Å². The van der Waals surface area contributed by atoms with Gasteiger partial charge >= 0.3 is 5.97 Å². The van der Waals surface area contributed by atoms with Crippen LogP contribution in [0.25, 0.3) is 0 Å². The first-order chi connectivity index (χ1) is 18.9. The smallest absolute Gasteiger partial charge is 0.330 e. The van der Waals surface area contributed by atoms with Crippen molar-refractivity contribution in [2.45, 2.75) is 56.4 Å². The van der Waals surface area contributed by atoms with Crippen LogP contribution >= 0.6 is 11.9 Å². The monoisotopic (exact) mass is 557 g/mol. The average Bonchev–Trinajstić information content (AvgIpc) is 2.91. The lowest BCUT2D eigenvalue weighted by Gasteiger charge is -2.37. The molecule has 2 aliphatic rings. The van der Waals surface area contributed by atoms with Crippen molar-refractivity contribution in [3.8, 4) is 0 Å². The number of unbranched alkanes of at least 4 members (excludes halogenated alkanes) is 1. The summed E-state index contributed by atoms with van der Waals surface area (Å²) in [6, 6.07) is 9.41. The molecular formula is C28H36FN5O4S. The summed E-state index contributed by atoms with van der Waals surface area (Å²) < 4.78 is 20.2. The van der Waals surface area contributed by atoms with Gasteiger partial charge in [-0.15, -0.1) is 0 Å². The van der Waals surface area contributed by atoms with Crippen LogP contribution in [-0.2, 0) is 32.0 Å². The Morgan fingerprint density at radius 3 is 2.74 bits per heavy atom. The Labute approximate surface area is 232 Å². The molecule has 1 aromatic carbocycles. The number of rotatable bonds is 13. The molecule has 1 saturated heterocycles. The molecule has 1 unspecified atom stereocenters. The molecule has 0 saturated carbocycles. The van der Waals surface area contributed by atoms with E-state index >= 15 is 0 Å². The topological polar surface area (TPSA) is 113 Å². The number of hydrogen-bond donors (Lipinski definition) is 3. The molecule has 0 radical (unpaired) electrons. The maximum Gasteiger partial charge on any atom is 0.330 e.